The predicted octanol–water partition coefficient (Wildman–Crippen LogP) is 16.1. The van der Waals surface area contributed by atoms with Crippen LogP contribution in [0.25, 0.3) is 22.3 Å². The van der Waals surface area contributed by atoms with Crippen LogP contribution >= 0.6 is 0 Å². The minimum absolute atomic E-state index is 0.0538. The molecule has 8 aromatic rings. The molecule has 1 aliphatic rings. The summed E-state index contributed by atoms with van der Waals surface area (Å²) in [6.07, 6.45) is -9.57. The minimum Gasteiger partial charge on any atom is -0.166 e. The Morgan fingerprint density at radius 2 is 0.403 bits per heavy atom. The summed E-state index contributed by atoms with van der Waals surface area (Å²) < 4.78 is 87.4. The van der Waals surface area contributed by atoms with Crippen LogP contribution in [0, 0.1) is 47.4 Å². The molecule has 6 heteroatoms. The maximum atomic E-state index is 14.6. The van der Waals surface area contributed by atoms with E-state index in [-0.39, 0.29) is 22.3 Å². The van der Waals surface area contributed by atoms with Gasteiger partial charge in [0.2, 0.25) is 0 Å². The molecule has 72 heavy (non-hydrogen) atoms. The summed E-state index contributed by atoms with van der Waals surface area (Å²) in [6, 6.07) is 66.4. The average Bonchev–Trinajstić information content (AvgIpc) is 3.40. The van der Waals surface area contributed by atoms with Crippen LogP contribution in [0.4, 0.5) is 26.3 Å². The summed E-state index contributed by atoms with van der Waals surface area (Å²) in [6.45, 7) is 0. The fraction of sp³-hybridized carbons (Fsp3) is 0.0303. The van der Waals surface area contributed by atoms with E-state index in [4.69, 9.17) is 0 Å². The predicted molar refractivity (Wildman–Crippen MR) is 277 cm³/mol. The van der Waals surface area contributed by atoms with E-state index in [9.17, 15) is 26.3 Å². The first kappa shape index (κ1) is 47.6. The zero-order valence-electron chi connectivity index (χ0n) is 38.2. The molecule has 0 amide bonds. The van der Waals surface area contributed by atoms with E-state index >= 15 is 0 Å². The van der Waals surface area contributed by atoms with E-state index in [2.05, 4.69) is 47.4 Å². The third kappa shape index (κ3) is 11.2. The molecule has 0 saturated heterocycles. The van der Waals surface area contributed by atoms with Gasteiger partial charge in [-0.15, -0.1) is 0 Å². The number of halogens is 6. The highest BCUT2D eigenvalue weighted by Gasteiger charge is 2.33. The van der Waals surface area contributed by atoms with E-state index in [1.807, 2.05) is 182 Å². The highest BCUT2D eigenvalue weighted by molar-refractivity contribution is 5.94. The van der Waals surface area contributed by atoms with Gasteiger partial charge in [-0.25, -0.2) is 0 Å². The van der Waals surface area contributed by atoms with Gasteiger partial charge in [-0.2, -0.15) is 26.3 Å². The van der Waals surface area contributed by atoms with Crippen molar-refractivity contribution in [2.75, 3.05) is 0 Å². The lowest BCUT2D eigenvalue weighted by atomic mass is 9.89. The highest BCUT2D eigenvalue weighted by atomic mass is 19.4. The zero-order chi connectivity index (χ0) is 49.9. The molecule has 0 aliphatic heterocycles. The standard InChI is InChI=1S/C66H38F6/c67-65(68,69)59-35-19-33-57(45-59)64(58-34-20-36-60(46-58)66(70,71)72)56-43-41-54(62(49-25-11-3-12-26-49)50-27-13-4-14-28-50)39-37-53(61(47-21-7-1-8-22-47)48-23-9-2-10-24-48)38-40-55(42-44-56)63(51-29-15-5-16-30-51)52-31-17-6-18-32-52/h1-36,45-46H. The summed E-state index contributed by atoms with van der Waals surface area (Å²) >= 11 is 0. The first-order valence-electron chi connectivity index (χ1n) is 22.7. The second kappa shape index (κ2) is 21.5. The summed E-state index contributed by atoms with van der Waals surface area (Å²) in [7, 11) is 0. The summed E-state index contributed by atoms with van der Waals surface area (Å²) in [5.41, 5.74) is 5.50. The van der Waals surface area contributed by atoms with Gasteiger partial charge in [-0.1, -0.05) is 254 Å². The van der Waals surface area contributed by atoms with E-state index in [0.29, 0.717) is 27.9 Å². The maximum absolute atomic E-state index is 14.6. The van der Waals surface area contributed by atoms with Gasteiger partial charge in [0.05, 0.1) is 33.4 Å². The van der Waals surface area contributed by atoms with E-state index < -0.39 is 23.5 Å². The van der Waals surface area contributed by atoms with Gasteiger partial charge in [-0.05, 0) is 68.8 Å². The molecule has 8 aromatic carbocycles. The molecular weight excluding hydrogens is 907 g/mol. The van der Waals surface area contributed by atoms with Crippen LogP contribution < -0.4 is 0 Å². The lowest BCUT2D eigenvalue weighted by molar-refractivity contribution is -0.138. The molecule has 0 nitrogen and oxygen atoms in total. The highest BCUT2D eigenvalue weighted by Crippen LogP contribution is 2.38. The van der Waals surface area contributed by atoms with E-state index in [0.717, 1.165) is 63.2 Å². The number of benzene rings is 8. The molecule has 0 atom stereocenters. The summed E-state index contributed by atoms with van der Waals surface area (Å²) in [4.78, 5) is 0. The second-order valence-corrected chi connectivity index (χ2v) is 16.4. The molecule has 0 saturated carbocycles. The van der Waals surface area contributed by atoms with Crippen LogP contribution in [0.3, 0.4) is 0 Å². The number of allylic oxidation sites excluding steroid dienone is 4. The van der Waals surface area contributed by atoms with Gasteiger partial charge in [-0.3, -0.25) is 0 Å². The van der Waals surface area contributed by atoms with Crippen LogP contribution in [0.5, 0.6) is 0 Å². The number of hydrogen-bond donors (Lipinski definition) is 0. The van der Waals surface area contributed by atoms with Crippen LogP contribution in [0.2, 0.25) is 0 Å². The van der Waals surface area contributed by atoms with E-state index in [1.54, 1.807) is 0 Å². The molecule has 0 aromatic heterocycles. The van der Waals surface area contributed by atoms with Gasteiger partial charge >= 0.3 is 12.4 Å². The first-order chi connectivity index (χ1) is 35.0. The molecule has 0 fully saturated rings. The van der Waals surface area contributed by atoms with Crippen molar-refractivity contribution in [1.29, 1.82) is 0 Å². The zero-order valence-corrected chi connectivity index (χ0v) is 38.2. The van der Waals surface area contributed by atoms with Crippen molar-refractivity contribution in [1.82, 2.24) is 0 Å². The summed E-state index contributed by atoms with van der Waals surface area (Å²) in [5, 5.41) is 0. The Hall–Kier alpha value is -9.46. The molecule has 0 bridgehead atoms. The maximum Gasteiger partial charge on any atom is 0.416 e. The Labute approximate surface area is 415 Å². The number of hydrogen-bond acceptors (Lipinski definition) is 0. The van der Waals surface area contributed by atoms with Crippen LogP contribution in [-0.2, 0) is 12.4 Å². The van der Waals surface area contributed by atoms with Crippen molar-refractivity contribution in [3.05, 3.63) is 308 Å². The Balaban J connectivity index is 1.50. The molecule has 344 valence electrons. The normalized spacial score (nSPS) is 12.2. The van der Waals surface area contributed by atoms with Crippen LogP contribution in [-0.4, -0.2) is 0 Å². The molecule has 1 aliphatic carbocycles. The average molecular weight is 945 g/mol. The molecule has 0 radical (unpaired) electrons. The smallest absolute Gasteiger partial charge is 0.166 e. The lowest BCUT2D eigenvalue weighted by Crippen LogP contribution is -2.07. The fourth-order valence-electron chi connectivity index (χ4n) is 8.28. The van der Waals surface area contributed by atoms with Crippen LogP contribution in [0.15, 0.2) is 253 Å². The molecule has 0 spiro atoms. The lowest BCUT2D eigenvalue weighted by Gasteiger charge is -2.15. The topological polar surface area (TPSA) is 0 Å². The van der Waals surface area contributed by atoms with Crippen molar-refractivity contribution in [3.8, 4) is 47.4 Å². The molecule has 0 heterocycles. The largest absolute Gasteiger partial charge is 0.416 e. The van der Waals surface area contributed by atoms with Crippen molar-refractivity contribution < 1.29 is 26.3 Å². The monoisotopic (exact) mass is 944 g/mol. The quantitative estimate of drug-likeness (QED) is 0.105. The van der Waals surface area contributed by atoms with Crippen molar-refractivity contribution >= 4 is 22.3 Å². The molecule has 0 unspecified atom stereocenters. The molecule has 9 rings (SSSR count). The fourth-order valence-corrected chi connectivity index (χ4v) is 8.28. The molecular formula is C66H38F6. The number of alkyl halides is 6. The minimum atomic E-state index is -4.79. The van der Waals surface area contributed by atoms with Gasteiger partial charge in [0.25, 0.3) is 0 Å². The Morgan fingerprint density at radius 1 is 0.222 bits per heavy atom. The molecule has 0 N–H and O–H groups in total. The van der Waals surface area contributed by atoms with Gasteiger partial charge < -0.3 is 0 Å². The second-order valence-electron chi connectivity index (χ2n) is 16.4. The van der Waals surface area contributed by atoms with Crippen molar-refractivity contribution in [2.45, 2.75) is 12.4 Å². The SMILES string of the molecule is FC(F)(F)c1cccc(C(=C2C#CC(=C(c3ccccc3)c3ccccc3)C#CC(=C(c3ccccc3)c3ccccc3)C#CC(=C(c3ccccc3)c3ccccc3)C#C2)c2cccc(C(F)(F)F)c2)c1. The van der Waals surface area contributed by atoms with Crippen molar-refractivity contribution in [3.63, 3.8) is 0 Å². The Kier molecular flexibility index (Phi) is 14.2. The third-order valence-electron chi connectivity index (χ3n) is 11.6. The van der Waals surface area contributed by atoms with Crippen LogP contribution in [0.1, 0.15) is 55.6 Å². The number of rotatable bonds is 8. The van der Waals surface area contributed by atoms with Gasteiger partial charge in [0.15, 0.2) is 0 Å². The Bertz CT molecular complexity index is 3340. The first-order valence-corrected chi connectivity index (χ1v) is 22.7. The van der Waals surface area contributed by atoms with E-state index in [1.165, 1.54) is 24.3 Å². The van der Waals surface area contributed by atoms with Crippen molar-refractivity contribution in [2.24, 2.45) is 0 Å². The Morgan fingerprint density at radius 3 is 0.597 bits per heavy atom. The summed E-state index contributed by atoms with van der Waals surface area (Å²) in [5.74, 6) is 26.8. The third-order valence-corrected chi connectivity index (χ3v) is 11.6. The van der Waals surface area contributed by atoms with Gasteiger partial charge in [0, 0.05) is 22.3 Å². The van der Waals surface area contributed by atoms with Gasteiger partial charge in [0.1, 0.15) is 0 Å².